The zero-order valence-electron chi connectivity index (χ0n) is 12.4. The van der Waals surface area contributed by atoms with Gasteiger partial charge in [-0.05, 0) is 30.0 Å². The molecule has 0 aliphatic carbocycles. The third-order valence-corrected chi connectivity index (χ3v) is 3.85. The van der Waals surface area contributed by atoms with Crippen LogP contribution in [0.4, 0.5) is 0 Å². The molecule has 2 aromatic rings. The number of fused-ring (bicyclic) bond motifs is 1. The van der Waals surface area contributed by atoms with Gasteiger partial charge >= 0.3 is 0 Å². The van der Waals surface area contributed by atoms with Crippen molar-refractivity contribution < 1.29 is 9.47 Å². The minimum atomic E-state index is -0.101. The van der Waals surface area contributed by atoms with E-state index in [1.165, 1.54) is 16.3 Å². The first-order chi connectivity index (χ1) is 10.4. The molecule has 1 aliphatic heterocycles. The largest absolute Gasteiger partial charge is 0.350 e. The summed E-state index contributed by atoms with van der Waals surface area (Å²) in [6, 6.07) is 8.70. The molecule has 112 valence electrons. The van der Waals surface area contributed by atoms with E-state index < -0.39 is 0 Å². The van der Waals surface area contributed by atoms with Crippen LogP contribution in [-0.2, 0) is 9.47 Å². The summed E-state index contributed by atoms with van der Waals surface area (Å²) in [6.07, 6.45) is 5.61. The summed E-state index contributed by atoms with van der Waals surface area (Å²) in [5.74, 6) is 0. The summed E-state index contributed by atoms with van der Waals surface area (Å²) in [5.41, 5.74) is 1.29. The number of aromatic nitrogens is 1. The van der Waals surface area contributed by atoms with E-state index >= 15 is 0 Å². The molecule has 1 N–H and O–H groups in total. The summed E-state index contributed by atoms with van der Waals surface area (Å²) in [5, 5.41) is 6.05. The fourth-order valence-electron chi connectivity index (χ4n) is 2.83. The lowest BCUT2D eigenvalue weighted by atomic mass is 9.97. The number of nitrogens with one attached hydrogen (secondary N) is 1. The number of rotatable bonds is 6. The molecule has 1 saturated heterocycles. The fraction of sp³-hybridized carbons (Fsp3) is 0.471. The van der Waals surface area contributed by atoms with E-state index in [0.717, 1.165) is 19.4 Å². The number of hydrogen-bond acceptors (Lipinski definition) is 4. The average Bonchev–Trinajstić information content (AvgIpc) is 3.04. The van der Waals surface area contributed by atoms with Crippen LogP contribution in [-0.4, -0.2) is 31.0 Å². The Balaban J connectivity index is 1.89. The van der Waals surface area contributed by atoms with Crippen molar-refractivity contribution in [2.24, 2.45) is 0 Å². The monoisotopic (exact) mass is 286 g/mol. The van der Waals surface area contributed by atoms with Crippen LogP contribution in [0.5, 0.6) is 0 Å². The predicted octanol–water partition coefficient (Wildman–Crippen LogP) is 3.04. The van der Waals surface area contributed by atoms with Crippen LogP contribution in [0, 0.1) is 0 Å². The van der Waals surface area contributed by atoms with Crippen LogP contribution >= 0.6 is 0 Å². The molecule has 0 saturated carbocycles. The zero-order valence-corrected chi connectivity index (χ0v) is 12.4. The van der Waals surface area contributed by atoms with Crippen molar-refractivity contribution >= 4 is 10.8 Å². The third-order valence-electron chi connectivity index (χ3n) is 3.85. The highest BCUT2D eigenvalue weighted by atomic mass is 16.7. The molecule has 0 spiro atoms. The molecule has 1 atom stereocenters. The average molecular weight is 286 g/mol. The molecule has 0 radical (unpaired) electrons. The van der Waals surface area contributed by atoms with Crippen LogP contribution in [0.3, 0.4) is 0 Å². The van der Waals surface area contributed by atoms with Crippen molar-refractivity contribution in [2.75, 3.05) is 19.8 Å². The summed E-state index contributed by atoms with van der Waals surface area (Å²) < 4.78 is 11.2. The maximum Gasteiger partial charge on any atom is 0.159 e. The molecule has 1 fully saturated rings. The molecule has 1 aliphatic rings. The molecule has 4 heteroatoms. The van der Waals surface area contributed by atoms with Crippen LogP contribution in [0.1, 0.15) is 31.4 Å². The predicted molar refractivity (Wildman–Crippen MR) is 83.1 cm³/mol. The van der Waals surface area contributed by atoms with E-state index in [1.807, 2.05) is 12.4 Å². The molecule has 2 heterocycles. The number of ether oxygens (including phenoxy) is 2. The normalized spacial score (nSPS) is 17.4. The van der Waals surface area contributed by atoms with E-state index in [-0.39, 0.29) is 12.3 Å². The van der Waals surface area contributed by atoms with Gasteiger partial charge < -0.3 is 14.8 Å². The summed E-state index contributed by atoms with van der Waals surface area (Å²) in [6.45, 7) is 4.56. The van der Waals surface area contributed by atoms with Crippen molar-refractivity contribution in [3.63, 3.8) is 0 Å². The van der Waals surface area contributed by atoms with Crippen molar-refractivity contribution in [1.29, 1.82) is 0 Å². The molecular weight excluding hydrogens is 264 g/mol. The molecule has 1 aromatic carbocycles. The van der Waals surface area contributed by atoms with Gasteiger partial charge in [-0.1, -0.05) is 25.1 Å². The fourth-order valence-corrected chi connectivity index (χ4v) is 2.83. The Morgan fingerprint density at radius 2 is 2.14 bits per heavy atom. The van der Waals surface area contributed by atoms with Gasteiger partial charge in [0.1, 0.15) is 0 Å². The van der Waals surface area contributed by atoms with E-state index in [9.17, 15) is 0 Å². The van der Waals surface area contributed by atoms with Gasteiger partial charge in [0.05, 0.1) is 13.2 Å². The van der Waals surface area contributed by atoms with Crippen molar-refractivity contribution in [3.8, 4) is 0 Å². The lowest BCUT2D eigenvalue weighted by molar-refractivity contribution is -0.0529. The topological polar surface area (TPSA) is 43.4 Å². The minimum absolute atomic E-state index is 0.101. The Bertz CT molecular complexity index is 577. The van der Waals surface area contributed by atoms with Crippen LogP contribution in [0.25, 0.3) is 10.8 Å². The number of benzene rings is 1. The van der Waals surface area contributed by atoms with E-state index in [4.69, 9.17) is 9.47 Å². The summed E-state index contributed by atoms with van der Waals surface area (Å²) in [4.78, 5) is 4.21. The number of nitrogens with zero attached hydrogens (tertiary/aromatic N) is 1. The van der Waals surface area contributed by atoms with E-state index in [1.54, 1.807) is 0 Å². The molecule has 1 unspecified atom stereocenters. The molecule has 1 aromatic heterocycles. The van der Waals surface area contributed by atoms with Gasteiger partial charge in [-0.3, -0.25) is 4.98 Å². The Labute approximate surface area is 125 Å². The second-order valence-electron chi connectivity index (χ2n) is 5.36. The van der Waals surface area contributed by atoms with Crippen molar-refractivity contribution in [1.82, 2.24) is 10.3 Å². The summed E-state index contributed by atoms with van der Waals surface area (Å²) in [7, 11) is 0. The quantitative estimate of drug-likeness (QED) is 0.886. The van der Waals surface area contributed by atoms with E-state index in [0.29, 0.717) is 13.2 Å². The number of hydrogen-bond donors (Lipinski definition) is 1. The lowest BCUT2D eigenvalue weighted by Gasteiger charge is -2.23. The smallest absolute Gasteiger partial charge is 0.159 e. The van der Waals surface area contributed by atoms with Crippen LogP contribution < -0.4 is 5.32 Å². The first kappa shape index (κ1) is 14.4. The SMILES string of the molecule is CCCNC(CC1OCCO1)c1cccc2cnccc12. The van der Waals surface area contributed by atoms with Crippen molar-refractivity contribution in [2.45, 2.75) is 32.1 Å². The van der Waals surface area contributed by atoms with Gasteiger partial charge in [-0.15, -0.1) is 0 Å². The Hall–Kier alpha value is -1.49. The molecule has 0 amide bonds. The Morgan fingerprint density at radius 1 is 1.29 bits per heavy atom. The molecular formula is C17H22N2O2. The maximum atomic E-state index is 5.62. The standard InChI is InChI=1S/C17H22N2O2/c1-2-7-19-16(11-17-20-9-10-21-17)15-5-3-4-13-12-18-8-6-14(13)15/h3-6,8,12,16-17,19H,2,7,9-11H2,1H3. The minimum Gasteiger partial charge on any atom is -0.350 e. The summed E-state index contributed by atoms with van der Waals surface area (Å²) >= 11 is 0. The highest BCUT2D eigenvalue weighted by Gasteiger charge is 2.23. The zero-order chi connectivity index (χ0) is 14.5. The van der Waals surface area contributed by atoms with Gasteiger partial charge in [-0.2, -0.15) is 0 Å². The Morgan fingerprint density at radius 3 is 2.95 bits per heavy atom. The van der Waals surface area contributed by atoms with Gasteiger partial charge in [0.2, 0.25) is 0 Å². The molecule has 4 nitrogen and oxygen atoms in total. The maximum absolute atomic E-state index is 5.62. The first-order valence-corrected chi connectivity index (χ1v) is 7.67. The Kier molecular flexibility index (Phi) is 4.80. The lowest BCUT2D eigenvalue weighted by Crippen LogP contribution is -2.27. The highest BCUT2D eigenvalue weighted by Crippen LogP contribution is 2.28. The van der Waals surface area contributed by atoms with Crippen LogP contribution in [0.2, 0.25) is 0 Å². The first-order valence-electron chi connectivity index (χ1n) is 7.67. The van der Waals surface area contributed by atoms with Gasteiger partial charge in [-0.25, -0.2) is 0 Å². The number of pyridine rings is 1. The van der Waals surface area contributed by atoms with Gasteiger partial charge in [0, 0.05) is 30.2 Å². The molecule has 3 rings (SSSR count). The second-order valence-corrected chi connectivity index (χ2v) is 5.36. The molecule has 0 bridgehead atoms. The van der Waals surface area contributed by atoms with Crippen LogP contribution in [0.15, 0.2) is 36.7 Å². The second kappa shape index (κ2) is 6.98. The van der Waals surface area contributed by atoms with E-state index in [2.05, 4.69) is 41.5 Å². The van der Waals surface area contributed by atoms with Crippen molar-refractivity contribution in [3.05, 3.63) is 42.2 Å². The van der Waals surface area contributed by atoms with Gasteiger partial charge in [0.15, 0.2) is 6.29 Å². The molecule has 21 heavy (non-hydrogen) atoms. The third kappa shape index (κ3) is 3.40. The highest BCUT2D eigenvalue weighted by molar-refractivity contribution is 5.85. The van der Waals surface area contributed by atoms with Gasteiger partial charge in [0.25, 0.3) is 0 Å².